The molecule has 0 saturated carbocycles. The number of halogens is 3. The Balaban J connectivity index is 2.00. The van der Waals surface area contributed by atoms with Gasteiger partial charge in [-0.3, -0.25) is 4.99 Å². The summed E-state index contributed by atoms with van der Waals surface area (Å²) >= 11 is 6.06. The van der Waals surface area contributed by atoms with E-state index in [1.54, 1.807) is 12.1 Å². The maximum Gasteiger partial charge on any atom is 0.375 e. The van der Waals surface area contributed by atoms with E-state index < -0.39 is 23.4 Å². The zero-order valence-corrected chi connectivity index (χ0v) is 13.7. The first-order chi connectivity index (χ1) is 12.5. The Morgan fingerprint density at radius 1 is 1.19 bits per heavy atom. The zero-order chi connectivity index (χ0) is 18.4. The van der Waals surface area contributed by atoms with Crippen molar-refractivity contribution in [3.8, 4) is 5.69 Å². The molecule has 130 valence electrons. The van der Waals surface area contributed by atoms with Gasteiger partial charge in [0.05, 0.1) is 23.5 Å². The molecular weight excluding hydrogens is 366 g/mol. The van der Waals surface area contributed by atoms with Gasteiger partial charge in [-0.05, 0) is 30.3 Å². The molecule has 1 aliphatic rings. The number of carbonyl (C=O) groups is 1. The maximum atomic E-state index is 14.3. The van der Waals surface area contributed by atoms with Crippen molar-refractivity contribution in [1.29, 1.82) is 0 Å². The van der Waals surface area contributed by atoms with E-state index in [0.29, 0.717) is 16.3 Å². The highest BCUT2D eigenvalue weighted by atomic mass is 35.5. The fraction of sp³-hybridized carbons (Fsp3) is 0.0588. The molecule has 0 saturated heterocycles. The first-order valence-electron chi connectivity index (χ1n) is 7.44. The molecule has 1 N–H and O–H groups in total. The van der Waals surface area contributed by atoms with Crippen LogP contribution in [0.5, 0.6) is 0 Å². The van der Waals surface area contributed by atoms with Crippen molar-refractivity contribution in [1.82, 2.24) is 14.8 Å². The SMILES string of the molecule is O=C(O)c1nc2n(n1)-c1ccc(Cl)cc1C(c1c(F)cccc1F)=NC2. The van der Waals surface area contributed by atoms with Crippen LogP contribution in [0.4, 0.5) is 8.78 Å². The van der Waals surface area contributed by atoms with Crippen molar-refractivity contribution in [2.45, 2.75) is 6.54 Å². The first-order valence-corrected chi connectivity index (χ1v) is 7.82. The predicted octanol–water partition coefficient (Wildman–Crippen LogP) is 3.25. The van der Waals surface area contributed by atoms with Crippen LogP contribution >= 0.6 is 11.6 Å². The molecule has 0 bridgehead atoms. The summed E-state index contributed by atoms with van der Waals surface area (Å²) in [4.78, 5) is 19.4. The fourth-order valence-electron chi connectivity index (χ4n) is 2.79. The quantitative estimate of drug-likeness (QED) is 0.746. The van der Waals surface area contributed by atoms with Crippen LogP contribution in [-0.4, -0.2) is 31.6 Å². The van der Waals surface area contributed by atoms with E-state index in [0.717, 1.165) is 12.1 Å². The third kappa shape index (κ3) is 2.55. The minimum atomic E-state index is -1.29. The smallest absolute Gasteiger partial charge is 0.375 e. The van der Waals surface area contributed by atoms with Gasteiger partial charge in [0.15, 0.2) is 5.82 Å². The number of hydrogen-bond donors (Lipinski definition) is 1. The second kappa shape index (κ2) is 5.99. The lowest BCUT2D eigenvalue weighted by molar-refractivity contribution is 0.0683. The lowest BCUT2D eigenvalue weighted by Crippen LogP contribution is -2.12. The van der Waals surface area contributed by atoms with E-state index in [9.17, 15) is 13.6 Å². The van der Waals surface area contributed by atoms with Crippen LogP contribution in [0.15, 0.2) is 41.4 Å². The summed E-state index contributed by atoms with van der Waals surface area (Å²) in [5, 5.41) is 13.4. The van der Waals surface area contributed by atoms with Crippen molar-refractivity contribution in [2.24, 2.45) is 4.99 Å². The van der Waals surface area contributed by atoms with Crippen molar-refractivity contribution in [3.05, 3.63) is 75.8 Å². The summed E-state index contributed by atoms with van der Waals surface area (Å²) in [6.07, 6.45) is 0. The van der Waals surface area contributed by atoms with E-state index in [2.05, 4.69) is 15.1 Å². The van der Waals surface area contributed by atoms with Crippen molar-refractivity contribution < 1.29 is 18.7 Å². The van der Waals surface area contributed by atoms with Crippen LogP contribution in [0.1, 0.15) is 27.6 Å². The number of nitrogens with zero attached hydrogens (tertiary/aromatic N) is 4. The van der Waals surface area contributed by atoms with Crippen molar-refractivity contribution >= 4 is 23.3 Å². The van der Waals surface area contributed by atoms with Crippen LogP contribution in [0.3, 0.4) is 0 Å². The molecule has 0 spiro atoms. The van der Waals surface area contributed by atoms with E-state index in [1.807, 2.05) is 0 Å². The molecule has 0 atom stereocenters. The Morgan fingerprint density at radius 2 is 1.92 bits per heavy atom. The van der Waals surface area contributed by atoms with E-state index in [-0.39, 0.29) is 23.6 Å². The second-order valence-electron chi connectivity index (χ2n) is 5.49. The van der Waals surface area contributed by atoms with Crippen LogP contribution in [0.2, 0.25) is 5.02 Å². The van der Waals surface area contributed by atoms with Gasteiger partial charge >= 0.3 is 5.97 Å². The Morgan fingerprint density at radius 3 is 2.62 bits per heavy atom. The van der Waals surface area contributed by atoms with Gasteiger partial charge in [-0.2, -0.15) is 0 Å². The van der Waals surface area contributed by atoms with Gasteiger partial charge in [-0.15, -0.1) is 5.10 Å². The average Bonchev–Trinajstić information content (AvgIpc) is 2.96. The number of aromatic nitrogens is 3. The highest BCUT2D eigenvalue weighted by Crippen LogP contribution is 2.28. The molecule has 0 fully saturated rings. The third-order valence-electron chi connectivity index (χ3n) is 3.89. The maximum absolute atomic E-state index is 14.3. The van der Waals surface area contributed by atoms with Crippen molar-refractivity contribution in [3.63, 3.8) is 0 Å². The summed E-state index contributed by atoms with van der Waals surface area (Å²) in [6.45, 7) is -0.102. The van der Waals surface area contributed by atoms with Gasteiger partial charge in [-0.1, -0.05) is 17.7 Å². The molecule has 0 amide bonds. The predicted molar refractivity (Wildman–Crippen MR) is 89.0 cm³/mol. The Labute approximate surface area is 150 Å². The van der Waals surface area contributed by atoms with Gasteiger partial charge in [-0.25, -0.2) is 23.2 Å². The molecule has 0 unspecified atom stereocenters. The fourth-order valence-corrected chi connectivity index (χ4v) is 2.96. The number of aliphatic imine (C=N–C) groups is 1. The Hall–Kier alpha value is -3.13. The summed E-state index contributed by atoms with van der Waals surface area (Å²) in [5.41, 5.74) is 0.466. The average molecular weight is 375 g/mol. The minimum Gasteiger partial charge on any atom is -0.475 e. The van der Waals surface area contributed by atoms with Crippen LogP contribution < -0.4 is 0 Å². The normalized spacial score (nSPS) is 12.8. The molecule has 2 heterocycles. The van der Waals surface area contributed by atoms with E-state index in [1.165, 1.54) is 16.8 Å². The number of carboxylic acids is 1. The van der Waals surface area contributed by atoms with Crippen LogP contribution in [0.25, 0.3) is 5.69 Å². The Kier molecular flexibility index (Phi) is 3.77. The van der Waals surface area contributed by atoms with Crippen LogP contribution in [-0.2, 0) is 6.54 Å². The van der Waals surface area contributed by atoms with Gasteiger partial charge in [0.1, 0.15) is 11.6 Å². The number of benzene rings is 2. The van der Waals surface area contributed by atoms with E-state index >= 15 is 0 Å². The van der Waals surface area contributed by atoms with E-state index in [4.69, 9.17) is 16.7 Å². The lowest BCUT2D eigenvalue weighted by atomic mass is 9.99. The molecule has 0 aliphatic carbocycles. The topological polar surface area (TPSA) is 80.4 Å². The molecule has 9 heteroatoms. The van der Waals surface area contributed by atoms with Crippen LogP contribution in [0, 0.1) is 11.6 Å². The van der Waals surface area contributed by atoms with Gasteiger partial charge in [0.25, 0.3) is 5.82 Å². The molecule has 0 radical (unpaired) electrons. The number of hydrogen-bond acceptors (Lipinski definition) is 4. The molecule has 2 aromatic carbocycles. The highest BCUT2D eigenvalue weighted by molar-refractivity contribution is 6.31. The molecule has 1 aromatic heterocycles. The number of aromatic carboxylic acids is 1. The highest BCUT2D eigenvalue weighted by Gasteiger charge is 2.26. The molecule has 4 rings (SSSR count). The summed E-state index contributed by atoms with van der Waals surface area (Å²) in [5.74, 6) is -2.98. The third-order valence-corrected chi connectivity index (χ3v) is 4.12. The summed E-state index contributed by atoms with van der Waals surface area (Å²) in [6, 6.07) is 8.16. The van der Waals surface area contributed by atoms with Crippen molar-refractivity contribution in [2.75, 3.05) is 0 Å². The Bertz CT molecular complexity index is 1070. The minimum absolute atomic E-state index is 0.0577. The molecular formula is C17H9ClF2N4O2. The standard InChI is InChI=1S/C17H9ClF2N4O2/c18-8-4-5-12-9(6-8)15(14-10(19)2-1-3-11(14)20)21-7-13-22-16(17(25)26)23-24(12)13/h1-6H,7H2,(H,25,26). The molecule has 3 aromatic rings. The number of rotatable bonds is 2. The lowest BCUT2D eigenvalue weighted by Gasteiger charge is -2.12. The van der Waals surface area contributed by atoms with Gasteiger partial charge in [0.2, 0.25) is 0 Å². The first kappa shape index (κ1) is 16.3. The number of fused-ring (bicyclic) bond motifs is 3. The summed E-state index contributed by atoms with van der Waals surface area (Å²) < 4.78 is 29.9. The summed E-state index contributed by atoms with van der Waals surface area (Å²) in [7, 11) is 0. The largest absolute Gasteiger partial charge is 0.475 e. The van der Waals surface area contributed by atoms with Gasteiger partial charge in [0, 0.05) is 10.6 Å². The molecule has 1 aliphatic heterocycles. The monoisotopic (exact) mass is 374 g/mol. The molecule has 6 nitrogen and oxygen atoms in total. The zero-order valence-electron chi connectivity index (χ0n) is 12.9. The van der Waals surface area contributed by atoms with Gasteiger partial charge < -0.3 is 5.11 Å². The second-order valence-corrected chi connectivity index (χ2v) is 5.93. The molecule has 26 heavy (non-hydrogen) atoms. The number of carboxylic acid groups (broad SMARTS) is 1.